The predicted molar refractivity (Wildman–Crippen MR) is 124 cm³/mol. The van der Waals surface area contributed by atoms with E-state index in [-0.39, 0.29) is 11.9 Å². The molecule has 0 aliphatic rings. The molecule has 0 radical (unpaired) electrons. The summed E-state index contributed by atoms with van der Waals surface area (Å²) >= 11 is 0. The first-order chi connectivity index (χ1) is 15.5. The van der Waals surface area contributed by atoms with Gasteiger partial charge in [-0.1, -0.05) is 17.3 Å². The summed E-state index contributed by atoms with van der Waals surface area (Å²) in [6.45, 7) is 7.00. The molecule has 0 atom stereocenters. The monoisotopic (exact) mass is 439 g/mol. The molecule has 2 aromatic carbocycles. The molecule has 0 unspecified atom stereocenters. The van der Waals surface area contributed by atoms with Gasteiger partial charge in [0.25, 0.3) is 0 Å². The zero-order valence-electron chi connectivity index (χ0n) is 18.8. The molecule has 0 aliphatic heterocycles. The van der Waals surface area contributed by atoms with E-state index in [1.807, 2.05) is 44.2 Å². The number of aromatic nitrogens is 2. The van der Waals surface area contributed by atoms with Crippen molar-refractivity contribution in [3.63, 3.8) is 0 Å². The highest BCUT2D eigenvalue weighted by Gasteiger charge is 2.05. The Morgan fingerprint density at radius 2 is 1.97 bits per heavy atom. The summed E-state index contributed by atoms with van der Waals surface area (Å²) in [7, 11) is 0. The number of nitrogens with zero attached hydrogens (tertiary/aromatic N) is 3. The number of aliphatic imine (C=N–C) groups is 1. The molecule has 1 aromatic heterocycles. The van der Waals surface area contributed by atoms with Crippen LogP contribution in [-0.2, 0) is 12.8 Å². The van der Waals surface area contributed by atoms with Crippen molar-refractivity contribution < 1.29 is 13.7 Å². The molecule has 7 nitrogen and oxygen atoms in total. The summed E-state index contributed by atoms with van der Waals surface area (Å²) in [6.07, 6.45) is 2.25. The maximum atomic E-state index is 13.4. The van der Waals surface area contributed by atoms with Gasteiger partial charge in [-0.05, 0) is 75.6 Å². The van der Waals surface area contributed by atoms with E-state index in [4.69, 9.17) is 9.26 Å². The topological polar surface area (TPSA) is 84.6 Å². The molecule has 0 aliphatic carbocycles. The van der Waals surface area contributed by atoms with Crippen molar-refractivity contribution in [1.29, 1.82) is 0 Å². The minimum Gasteiger partial charge on any atom is -0.491 e. The molecule has 0 spiro atoms. The highest BCUT2D eigenvalue weighted by molar-refractivity contribution is 5.93. The van der Waals surface area contributed by atoms with Crippen LogP contribution in [0.5, 0.6) is 5.75 Å². The third-order valence-corrected chi connectivity index (χ3v) is 4.47. The van der Waals surface area contributed by atoms with Crippen molar-refractivity contribution in [3.8, 4) is 5.75 Å². The van der Waals surface area contributed by atoms with Gasteiger partial charge in [0.1, 0.15) is 11.6 Å². The number of nitrogens with one attached hydrogen (secondary N) is 2. The quantitative estimate of drug-likeness (QED) is 0.274. The van der Waals surface area contributed by atoms with E-state index in [2.05, 4.69) is 25.8 Å². The van der Waals surface area contributed by atoms with E-state index in [0.717, 1.165) is 23.4 Å². The van der Waals surface area contributed by atoms with Crippen LogP contribution >= 0.6 is 0 Å². The summed E-state index contributed by atoms with van der Waals surface area (Å²) in [5.74, 6) is 2.50. The number of halogens is 1. The van der Waals surface area contributed by atoms with E-state index in [1.54, 1.807) is 19.1 Å². The molecule has 0 fully saturated rings. The SMILES string of the molecule is Cc1noc(CCCN=C(NCCc2cccc(F)c2)Nc2ccc(OC(C)C)cc2)n1. The molecule has 170 valence electrons. The van der Waals surface area contributed by atoms with Crippen molar-refractivity contribution in [3.05, 3.63) is 71.6 Å². The maximum absolute atomic E-state index is 13.4. The molecule has 0 bridgehead atoms. The fourth-order valence-electron chi connectivity index (χ4n) is 3.05. The third kappa shape index (κ3) is 8.02. The number of aryl methyl sites for hydroxylation is 2. The van der Waals surface area contributed by atoms with Crippen LogP contribution in [0.15, 0.2) is 58.0 Å². The van der Waals surface area contributed by atoms with E-state index in [9.17, 15) is 4.39 Å². The van der Waals surface area contributed by atoms with Gasteiger partial charge < -0.3 is 19.9 Å². The van der Waals surface area contributed by atoms with Crippen molar-refractivity contribution in [2.45, 2.75) is 46.1 Å². The number of rotatable bonds is 10. The summed E-state index contributed by atoms with van der Waals surface area (Å²) < 4.78 is 24.3. The minimum atomic E-state index is -0.227. The van der Waals surface area contributed by atoms with E-state index < -0.39 is 0 Å². The lowest BCUT2D eigenvalue weighted by Gasteiger charge is -2.14. The van der Waals surface area contributed by atoms with Gasteiger partial charge in [-0.3, -0.25) is 4.99 Å². The number of benzene rings is 2. The van der Waals surface area contributed by atoms with Gasteiger partial charge in [-0.25, -0.2) is 4.39 Å². The van der Waals surface area contributed by atoms with E-state index in [1.165, 1.54) is 6.07 Å². The molecule has 0 saturated carbocycles. The second-order valence-electron chi connectivity index (χ2n) is 7.69. The molecule has 2 N–H and O–H groups in total. The van der Waals surface area contributed by atoms with E-state index >= 15 is 0 Å². The first-order valence-electron chi connectivity index (χ1n) is 10.8. The molecule has 32 heavy (non-hydrogen) atoms. The van der Waals surface area contributed by atoms with Gasteiger partial charge in [-0.15, -0.1) is 0 Å². The number of anilines is 1. The lowest BCUT2D eigenvalue weighted by atomic mass is 10.1. The van der Waals surface area contributed by atoms with Crippen LogP contribution in [0.1, 0.15) is 37.5 Å². The van der Waals surface area contributed by atoms with Crippen LogP contribution < -0.4 is 15.4 Å². The number of ether oxygens (including phenoxy) is 1. The highest BCUT2D eigenvalue weighted by Crippen LogP contribution is 2.17. The Labute approximate surface area is 188 Å². The smallest absolute Gasteiger partial charge is 0.226 e. The van der Waals surface area contributed by atoms with Gasteiger partial charge in [0.05, 0.1) is 6.10 Å². The molecule has 1 heterocycles. The zero-order chi connectivity index (χ0) is 22.8. The average molecular weight is 440 g/mol. The molecular formula is C24H30FN5O2. The van der Waals surface area contributed by atoms with Crippen LogP contribution in [0.25, 0.3) is 0 Å². The zero-order valence-corrected chi connectivity index (χ0v) is 18.8. The molecule has 0 amide bonds. The van der Waals surface area contributed by atoms with Crippen molar-refractivity contribution in [1.82, 2.24) is 15.5 Å². The Kier molecular flexibility index (Phi) is 8.60. The Morgan fingerprint density at radius 3 is 2.66 bits per heavy atom. The standard InChI is InChI=1S/C24H30FN5O2/c1-17(2)31-22-11-9-21(10-12-22)29-24(26-14-5-8-23-28-18(3)30-32-23)27-15-13-19-6-4-7-20(25)16-19/h4,6-7,9-12,16-17H,5,8,13-15H2,1-3H3,(H2,26,27,29). The van der Waals surface area contributed by atoms with Crippen molar-refractivity contribution >= 4 is 11.6 Å². The van der Waals surface area contributed by atoms with Crippen LogP contribution in [0.3, 0.4) is 0 Å². The largest absolute Gasteiger partial charge is 0.491 e. The first kappa shape index (κ1) is 23.2. The van der Waals surface area contributed by atoms with Gasteiger partial charge in [0.2, 0.25) is 5.89 Å². The van der Waals surface area contributed by atoms with Crippen molar-refractivity contribution in [2.24, 2.45) is 4.99 Å². The van der Waals surface area contributed by atoms with Crippen LogP contribution in [-0.4, -0.2) is 35.3 Å². The number of hydrogen-bond donors (Lipinski definition) is 2. The third-order valence-electron chi connectivity index (χ3n) is 4.47. The Balaban J connectivity index is 1.58. The second-order valence-corrected chi connectivity index (χ2v) is 7.69. The fraction of sp³-hybridized carbons (Fsp3) is 0.375. The fourth-order valence-corrected chi connectivity index (χ4v) is 3.05. The minimum absolute atomic E-state index is 0.123. The second kappa shape index (κ2) is 11.8. The van der Waals surface area contributed by atoms with Gasteiger partial charge >= 0.3 is 0 Å². The lowest BCUT2D eigenvalue weighted by molar-refractivity contribution is 0.242. The predicted octanol–water partition coefficient (Wildman–Crippen LogP) is 4.54. The summed E-state index contributed by atoms with van der Waals surface area (Å²) in [5, 5.41) is 10.4. The van der Waals surface area contributed by atoms with E-state index in [0.29, 0.717) is 43.6 Å². The van der Waals surface area contributed by atoms with Crippen molar-refractivity contribution in [2.75, 3.05) is 18.4 Å². The average Bonchev–Trinajstić information content (AvgIpc) is 3.17. The highest BCUT2D eigenvalue weighted by atomic mass is 19.1. The number of guanidine groups is 1. The van der Waals surface area contributed by atoms with Crippen LogP contribution in [0.2, 0.25) is 0 Å². The van der Waals surface area contributed by atoms with Gasteiger partial charge in [0.15, 0.2) is 11.8 Å². The normalized spacial score (nSPS) is 11.6. The molecule has 8 heteroatoms. The van der Waals surface area contributed by atoms with Gasteiger partial charge in [-0.2, -0.15) is 4.98 Å². The molecule has 3 aromatic rings. The van der Waals surface area contributed by atoms with Crippen LogP contribution in [0.4, 0.5) is 10.1 Å². The lowest BCUT2D eigenvalue weighted by Crippen LogP contribution is -2.32. The maximum Gasteiger partial charge on any atom is 0.226 e. The Bertz CT molecular complexity index is 1000. The summed E-state index contributed by atoms with van der Waals surface area (Å²) in [4.78, 5) is 8.87. The number of hydrogen-bond acceptors (Lipinski definition) is 5. The Hall–Kier alpha value is -3.42. The van der Waals surface area contributed by atoms with Gasteiger partial charge in [0, 0.05) is 25.2 Å². The first-order valence-corrected chi connectivity index (χ1v) is 10.8. The van der Waals surface area contributed by atoms with Crippen LogP contribution in [0, 0.1) is 12.7 Å². The Morgan fingerprint density at radius 1 is 1.16 bits per heavy atom. The molecule has 3 rings (SSSR count). The summed E-state index contributed by atoms with van der Waals surface area (Å²) in [6, 6.07) is 14.4. The summed E-state index contributed by atoms with van der Waals surface area (Å²) in [5.41, 5.74) is 1.82. The molecular weight excluding hydrogens is 409 g/mol. The molecule has 0 saturated heterocycles.